The van der Waals surface area contributed by atoms with E-state index in [1.807, 2.05) is 0 Å². The molecule has 0 heterocycles. The van der Waals surface area contributed by atoms with E-state index in [9.17, 15) is 26.3 Å². The second kappa shape index (κ2) is 5.63. The predicted molar refractivity (Wildman–Crippen MR) is 62.0 cm³/mol. The Morgan fingerprint density at radius 3 is 2.00 bits per heavy atom. The van der Waals surface area contributed by atoms with Crippen LogP contribution < -0.4 is 9.47 Å². The number of hydrogen-bond donors (Lipinski definition) is 0. The molecule has 0 aromatic heterocycles. The van der Waals surface area contributed by atoms with Gasteiger partial charge >= 0.3 is 12.5 Å². The van der Waals surface area contributed by atoms with Gasteiger partial charge in [0, 0.05) is 0 Å². The highest BCUT2D eigenvalue weighted by Crippen LogP contribution is 2.43. The van der Waals surface area contributed by atoms with Crippen molar-refractivity contribution >= 4 is 22.6 Å². The van der Waals surface area contributed by atoms with Crippen molar-refractivity contribution < 1.29 is 35.8 Å². The molecule has 0 unspecified atom stereocenters. The monoisotopic (exact) mass is 400 g/mol. The second-order valence-corrected chi connectivity index (χ2v) is 4.31. The zero-order valence-electron chi connectivity index (χ0n) is 9.32. The van der Waals surface area contributed by atoms with E-state index in [0.29, 0.717) is 0 Å². The minimum absolute atomic E-state index is 0.0430. The van der Waals surface area contributed by atoms with E-state index in [-0.39, 0.29) is 6.61 Å². The van der Waals surface area contributed by atoms with Crippen LogP contribution in [0.1, 0.15) is 12.5 Å². The molecule has 1 aromatic carbocycles. The van der Waals surface area contributed by atoms with Gasteiger partial charge < -0.3 is 9.47 Å². The van der Waals surface area contributed by atoms with E-state index in [0.717, 1.165) is 34.7 Å². The zero-order valence-corrected chi connectivity index (χ0v) is 11.5. The molecule has 108 valence electrons. The highest BCUT2D eigenvalue weighted by molar-refractivity contribution is 14.1. The van der Waals surface area contributed by atoms with Gasteiger partial charge in [-0.25, -0.2) is 0 Å². The number of alkyl halides is 6. The van der Waals surface area contributed by atoms with Gasteiger partial charge in [0.05, 0.1) is 10.2 Å². The van der Waals surface area contributed by atoms with E-state index >= 15 is 0 Å². The first-order chi connectivity index (χ1) is 8.56. The summed E-state index contributed by atoms with van der Waals surface area (Å²) in [5.41, 5.74) is -1.28. The summed E-state index contributed by atoms with van der Waals surface area (Å²) in [5, 5.41) is 0. The second-order valence-electron chi connectivity index (χ2n) is 3.23. The quantitative estimate of drug-likeness (QED) is 0.545. The maximum atomic E-state index is 12.8. The van der Waals surface area contributed by atoms with Crippen LogP contribution in [0.3, 0.4) is 0 Å². The standard InChI is InChI=1S/C10H7F6IO2/c1-2-18-5-3-4-6(19-10(14,15)16)8(17)7(5)9(11,12)13/h3-4H,2H2,1H3. The first-order valence-corrected chi connectivity index (χ1v) is 5.92. The summed E-state index contributed by atoms with van der Waals surface area (Å²) in [7, 11) is 0. The summed E-state index contributed by atoms with van der Waals surface area (Å²) in [5.74, 6) is -1.45. The van der Waals surface area contributed by atoms with Gasteiger partial charge in [-0.05, 0) is 41.6 Å². The molecular formula is C10H7F6IO2. The maximum absolute atomic E-state index is 12.8. The Kier molecular flexibility index (Phi) is 4.80. The lowest BCUT2D eigenvalue weighted by atomic mass is 10.2. The maximum Gasteiger partial charge on any atom is 0.573 e. The van der Waals surface area contributed by atoms with Gasteiger partial charge in [-0.1, -0.05) is 0 Å². The summed E-state index contributed by atoms with van der Waals surface area (Å²) in [6.07, 6.45) is -9.90. The smallest absolute Gasteiger partial charge is 0.493 e. The van der Waals surface area contributed by atoms with Crippen LogP contribution in [-0.4, -0.2) is 13.0 Å². The normalized spacial score (nSPS) is 12.4. The fourth-order valence-corrected chi connectivity index (χ4v) is 2.14. The summed E-state index contributed by atoms with van der Waals surface area (Å²) < 4.78 is 82.3. The lowest BCUT2D eigenvalue weighted by molar-refractivity contribution is -0.275. The lowest BCUT2D eigenvalue weighted by Gasteiger charge is -2.18. The van der Waals surface area contributed by atoms with Gasteiger partial charge in [0.25, 0.3) is 0 Å². The molecule has 9 heteroatoms. The molecule has 0 saturated heterocycles. The van der Waals surface area contributed by atoms with Crippen LogP contribution in [0.25, 0.3) is 0 Å². The Hall–Kier alpha value is -0.870. The molecule has 2 nitrogen and oxygen atoms in total. The molecule has 0 bridgehead atoms. The average molecular weight is 400 g/mol. The average Bonchev–Trinajstić information content (AvgIpc) is 2.19. The molecule has 0 N–H and O–H groups in total. The molecule has 0 amide bonds. The van der Waals surface area contributed by atoms with Crippen LogP contribution in [0.4, 0.5) is 26.3 Å². The van der Waals surface area contributed by atoms with E-state index in [4.69, 9.17) is 4.74 Å². The lowest BCUT2D eigenvalue weighted by Crippen LogP contribution is -2.19. The molecule has 0 saturated carbocycles. The van der Waals surface area contributed by atoms with Crippen molar-refractivity contribution in [3.63, 3.8) is 0 Å². The van der Waals surface area contributed by atoms with Crippen molar-refractivity contribution in [2.24, 2.45) is 0 Å². The number of rotatable bonds is 3. The van der Waals surface area contributed by atoms with Gasteiger partial charge in [0.2, 0.25) is 0 Å². The van der Waals surface area contributed by atoms with Crippen molar-refractivity contribution in [1.82, 2.24) is 0 Å². The SMILES string of the molecule is CCOc1ccc(OC(F)(F)F)c(I)c1C(F)(F)F. The number of halogens is 7. The largest absolute Gasteiger partial charge is 0.573 e. The van der Waals surface area contributed by atoms with Crippen molar-refractivity contribution in [3.8, 4) is 11.5 Å². The molecule has 0 fully saturated rings. The van der Waals surface area contributed by atoms with E-state index in [1.165, 1.54) is 6.92 Å². The first kappa shape index (κ1) is 16.2. The Morgan fingerprint density at radius 1 is 1.05 bits per heavy atom. The van der Waals surface area contributed by atoms with Crippen molar-refractivity contribution in [3.05, 3.63) is 21.3 Å². The van der Waals surface area contributed by atoms with Crippen LogP contribution in [0.2, 0.25) is 0 Å². The topological polar surface area (TPSA) is 18.5 Å². The predicted octanol–water partition coefficient (Wildman–Crippen LogP) is 4.61. The Morgan fingerprint density at radius 2 is 1.58 bits per heavy atom. The summed E-state index contributed by atoms with van der Waals surface area (Å²) >= 11 is 1.15. The van der Waals surface area contributed by atoms with Gasteiger partial charge in [-0.3, -0.25) is 0 Å². The molecule has 0 radical (unpaired) electrons. The van der Waals surface area contributed by atoms with Gasteiger partial charge in [-0.15, -0.1) is 13.2 Å². The van der Waals surface area contributed by atoms with Crippen molar-refractivity contribution in [2.45, 2.75) is 19.5 Å². The minimum Gasteiger partial charge on any atom is -0.493 e. The highest BCUT2D eigenvalue weighted by atomic mass is 127. The third-order valence-corrected chi connectivity index (χ3v) is 2.95. The molecule has 19 heavy (non-hydrogen) atoms. The van der Waals surface area contributed by atoms with Gasteiger partial charge in [0.1, 0.15) is 17.1 Å². The third-order valence-electron chi connectivity index (χ3n) is 1.88. The number of benzene rings is 1. The molecular weight excluding hydrogens is 393 g/mol. The fourth-order valence-electron chi connectivity index (χ4n) is 1.28. The molecule has 0 aliphatic heterocycles. The molecule has 0 aliphatic rings. The molecule has 0 aliphatic carbocycles. The van der Waals surface area contributed by atoms with E-state index in [1.54, 1.807) is 0 Å². The number of hydrogen-bond acceptors (Lipinski definition) is 2. The number of ether oxygens (including phenoxy) is 2. The van der Waals surface area contributed by atoms with Crippen molar-refractivity contribution in [1.29, 1.82) is 0 Å². The van der Waals surface area contributed by atoms with E-state index < -0.39 is 33.2 Å². The molecule has 0 spiro atoms. The van der Waals surface area contributed by atoms with Crippen LogP contribution in [-0.2, 0) is 6.18 Å². The van der Waals surface area contributed by atoms with Crippen LogP contribution in [0, 0.1) is 3.57 Å². The minimum atomic E-state index is -5.06. The van der Waals surface area contributed by atoms with Gasteiger partial charge in [-0.2, -0.15) is 13.2 Å². The zero-order chi connectivity index (χ0) is 14.8. The Bertz CT molecular complexity index is 455. The Balaban J connectivity index is 3.34. The molecule has 1 rings (SSSR count). The summed E-state index contributed by atoms with van der Waals surface area (Å²) in [6.45, 7) is 1.42. The first-order valence-electron chi connectivity index (χ1n) is 4.84. The van der Waals surface area contributed by atoms with Crippen LogP contribution >= 0.6 is 22.6 Å². The Labute approximate surface area is 117 Å². The summed E-state index contributed by atoms with van der Waals surface area (Å²) in [4.78, 5) is 0. The van der Waals surface area contributed by atoms with Crippen LogP contribution in [0.5, 0.6) is 11.5 Å². The molecule has 0 atom stereocenters. The van der Waals surface area contributed by atoms with Crippen molar-refractivity contribution in [2.75, 3.05) is 6.61 Å². The molecule has 1 aromatic rings. The highest BCUT2D eigenvalue weighted by Gasteiger charge is 2.40. The van der Waals surface area contributed by atoms with E-state index in [2.05, 4.69) is 4.74 Å². The van der Waals surface area contributed by atoms with Crippen LogP contribution in [0.15, 0.2) is 12.1 Å². The fraction of sp³-hybridized carbons (Fsp3) is 0.400. The third kappa shape index (κ3) is 4.32. The summed E-state index contributed by atoms with van der Waals surface area (Å²) in [6, 6.07) is 1.59. The van der Waals surface area contributed by atoms with Gasteiger partial charge in [0.15, 0.2) is 0 Å².